The van der Waals surface area contributed by atoms with E-state index in [0.29, 0.717) is 11.8 Å². The maximum Gasteiger partial charge on any atom is 0.498 e. The van der Waals surface area contributed by atoms with Gasteiger partial charge in [-0.2, -0.15) is 9.98 Å². The molecule has 9 nitrogen and oxygen atoms in total. The number of aliphatic imine (C=N–C) groups is 4. The molecule has 0 N–H and O–H groups in total. The lowest BCUT2D eigenvalue weighted by Gasteiger charge is -2.37. The highest BCUT2D eigenvalue weighted by atomic mass is 16.7. The molecule has 1 aliphatic carbocycles. The van der Waals surface area contributed by atoms with Crippen LogP contribution in [0.25, 0.3) is 16.7 Å². The topological polar surface area (TPSA) is 89.6 Å². The van der Waals surface area contributed by atoms with Crippen LogP contribution >= 0.6 is 0 Å². The highest BCUT2D eigenvalue weighted by Crippen LogP contribution is 2.55. The van der Waals surface area contributed by atoms with Crippen LogP contribution in [0.15, 0.2) is 73.7 Å². The molecule has 0 spiro atoms. The number of benzene rings is 2. The standard InChI is InChI=1S/C70H109B2N5O4/c1-13-16-19-22-25-28-31-34-37-40-43-62-75-64-61(72-80-68(9,10)69(11,12)81-72)52-58(63-73-53(4)74-65(76-62)77(63)64)54-44-46-56-57-47-45-55(71-78-66(5,6)67(7,8)79-71)51-60(57)70(59(56)50-54,48-41-38-35-32-29-26-23-20-17-14-2)49-42-39-36-33-30-27-24-21-18-15-3/h44-47,50-52H,13-43,48-49H2,1-12H3. The summed E-state index contributed by atoms with van der Waals surface area (Å²) in [6.45, 7) is 26.2. The fourth-order valence-corrected chi connectivity index (χ4v) is 13.3. The predicted molar refractivity (Wildman–Crippen MR) is 346 cm³/mol. The molecule has 0 unspecified atom stereocenters. The molecule has 0 bridgehead atoms. The normalized spacial score (nSPS) is 19.8. The van der Waals surface area contributed by atoms with E-state index in [4.69, 9.17) is 38.6 Å². The first-order chi connectivity index (χ1) is 39.0. The van der Waals surface area contributed by atoms with Crippen LogP contribution in [0.1, 0.15) is 312 Å². The van der Waals surface area contributed by atoms with Gasteiger partial charge in [-0.15, -0.1) is 0 Å². The van der Waals surface area contributed by atoms with E-state index in [2.05, 4.69) is 124 Å². The molecular weight excluding hydrogens is 996 g/mol. The van der Waals surface area contributed by atoms with Gasteiger partial charge < -0.3 is 18.6 Å². The number of unbranched alkanes of at least 4 members (excludes halogenated alkanes) is 27. The van der Waals surface area contributed by atoms with Gasteiger partial charge in [0.05, 0.1) is 22.4 Å². The molecule has 0 aromatic heterocycles. The Morgan fingerprint density at radius 3 is 1.35 bits per heavy atom. The van der Waals surface area contributed by atoms with Crippen molar-refractivity contribution in [2.45, 2.75) is 323 Å². The monoisotopic (exact) mass is 1110 g/mol. The Bertz CT molecular complexity index is 2550. The lowest BCUT2D eigenvalue weighted by atomic mass is 9.68. The molecule has 0 saturated carbocycles. The van der Waals surface area contributed by atoms with Gasteiger partial charge >= 0.3 is 14.2 Å². The summed E-state index contributed by atoms with van der Waals surface area (Å²) in [5.74, 6) is 3.72. The largest absolute Gasteiger partial charge is 0.498 e. The summed E-state index contributed by atoms with van der Waals surface area (Å²) in [4.78, 5) is 23.1. The molecule has 2 fully saturated rings. The van der Waals surface area contributed by atoms with Gasteiger partial charge in [0.25, 0.3) is 0 Å². The lowest BCUT2D eigenvalue weighted by Crippen LogP contribution is -2.45. The van der Waals surface area contributed by atoms with Crippen molar-refractivity contribution in [1.82, 2.24) is 4.90 Å². The third-order valence-corrected chi connectivity index (χ3v) is 19.8. The van der Waals surface area contributed by atoms with Crippen LogP contribution in [0.5, 0.6) is 0 Å². The Labute approximate surface area is 494 Å². The van der Waals surface area contributed by atoms with Gasteiger partial charge in [0.1, 0.15) is 17.5 Å². The summed E-state index contributed by atoms with van der Waals surface area (Å²) >= 11 is 0. The third kappa shape index (κ3) is 15.3. The molecule has 8 rings (SSSR count). The molecule has 0 radical (unpaired) electrons. The van der Waals surface area contributed by atoms with Crippen molar-refractivity contribution in [2.75, 3.05) is 0 Å². The fraction of sp³-hybridized carbons (Fsp3) is 0.714. The lowest BCUT2D eigenvalue weighted by molar-refractivity contribution is 0.00578. The fourth-order valence-electron chi connectivity index (χ4n) is 13.3. The zero-order valence-corrected chi connectivity index (χ0v) is 53.4. The number of allylic oxidation sites excluding steroid dienone is 2. The van der Waals surface area contributed by atoms with Gasteiger partial charge in [-0.05, 0) is 127 Å². The van der Waals surface area contributed by atoms with Crippen LogP contribution in [0.4, 0.5) is 0 Å². The van der Waals surface area contributed by atoms with Crippen molar-refractivity contribution in [2.24, 2.45) is 20.0 Å². The molecule has 444 valence electrons. The van der Waals surface area contributed by atoms with E-state index in [1.54, 1.807) is 0 Å². The Morgan fingerprint density at radius 2 is 0.864 bits per heavy atom. The molecule has 6 aliphatic rings. The third-order valence-electron chi connectivity index (χ3n) is 19.8. The average molecular weight is 1110 g/mol. The SMILES string of the molecule is CCCCCCCCCCCCC1=NC2=C(B3OC(C)(C)C(C)(C)O3)C=C(c3ccc4c(c3)C(CCCCCCCCCCCC)(CCCCCCCCCCCC)c3cc(B5OC(C)(C)C(C)(C)O5)ccc3-4)C3=NC(C)=NC(=N1)N32. The zero-order chi connectivity index (χ0) is 57.7. The molecule has 11 heteroatoms. The van der Waals surface area contributed by atoms with Gasteiger partial charge in [0, 0.05) is 22.9 Å². The number of fused-ring (bicyclic) bond motifs is 3. The van der Waals surface area contributed by atoms with E-state index in [0.717, 1.165) is 65.2 Å². The maximum atomic E-state index is 6.96. The summed E-state index contributed by atoms with van der Waals surface area (Å²) < 4.78 is 27.5. The first kappa shape index (κ1) is 63.4. The number of hydrogen-bond donors (Lipinski definition) is 0. The second-order valence-corrected chi connectivity index (χ2v) is 27.3. The molecule has 2 aromatic carbocycles. The van der Waals surface area contributed by atoms with E-state index in [1.807, 2.05) is 6.92 Å². The maximum absolute atomic E-state index is 6.96. The average Bonchev–Trinajstić information content (AvgIpc) is 4.05. The van der Waals surface area contributed by atoms with Crippen LogP contribution in [-0.2, 0) is 24.0 Å². The molecule has 5 aliphatic heterocycles. The van der Waals surface area contributed by atoms with Crippen LogP contribution in [0.2, 0.25) is 0 Å². The van der Waals surface area contributed by atoms with Gasteiger partial charge in [-0.1, -0.05) is 237 Å². The summed E-state index contributed by atoms with van der Waals surface area (Å²) in [5.41, 5.74) is 7.59. The number of hydrogen-bond acceptors (Lipinski definition) is 9. The van der Waals surface area contributed by atoms with Gasteiger partial charge in [0.2, 0.25) is 5.96 Å². The van der Waals surface area contributed by atoms with E-state index >= 15 is 0 Å². The minimum absolute atomic E-state index is 0.192. The van der Waals surface area contributed by atoms with Crippen molar-refractivity contribution in [3.05, 3.63) is 70.5 Å². The highest BCUT2D eigenvalue weighted by Gasteiger charge is 2.55. The van der Waals surface area contributed by atoms with E-state index in [1.165, 1.54) is 208 Å². The number of nitrogens with zero attached hydrogens (tertiary/aromatic N) is 5. The predicted octanol–water partition coefficient (Wildman–Crippen LogP) is 19.3. The molecule has 81 heavy (non-hydrogen) atoms. The summed E-state index contributed by atoms with van der Waals surface area (Å²) in [7, 11) is -1.07. The van der Waals surface area contributed by atoms with Crippen LogP contribution in [0, 0.1) is 0 Å². The quantitative estimate of drug-likeness (QED) is 0.0501. The first-order valence-electron chi connectivity index (χ1n) is 33.5. The van der Waals surface area contributed by atoms with Crippen LogP contribution in [0.3, 0.4) is 0 Å². The van der Waals surface area contributed by atoms with E-state index in [-0.39, 0.29) is 5.41 Å². The van der Waals surface area contributed by atoms with E-state index < -0.39 is 36.6 Å². The summed E-state index contributed by atoms with van der Waals surface area (Å²) in [5, 5.41) is 0. The van der Waals surface area contributed by atoms with Gasteiger partial charge in [-0.3, -0.25) is 0 Å². The number of guanidine groups is 1. The second-order valence-electron chi connectivity index (χ2n) is 27.3. The number of amidine groups is 3. The Kier molecular flexibility index (Phi) is 22.7. The smallest absolute Gasteiger partial charge is 0.399 e. The molecule has 0 amide bonds. The zero-order valence-electron chi connectivity index (χ0n) is 53.4. The molecular formula is C70H109B2N5O4. The van der Waals surface area contributed by atoms with Crippen molar-refractivity contribution in [1.29, 1.82) is 0 Å². The minimum atomic E-state index is -0.644. The second kappa shape index (κ2) is 29.0. The molecule has 2 saturated heterocycles. The van der Waals surface area contributed by atoms with Crippen molar-refractivity contribution < 1.29 is 18.6 Å². The summed E-state index contributed by atoms with van der Waals surface area (Å²) in [6.07, 6.45) is 44.5. The van der Waals surface area contributed by atoms with E-state index in [9.17, 15) is 0 Å². The van der Waals surface area contributed by atoms with Crippen LogP contribution in [-0.4, -0.2) is 65.0 Å². The Hall–Kier alpha value is -3.63. The highest BCUT2D eigenvalue weighted by molar-refractivity contribution is 6.62. The first-order valence-corrected chi connectivity index (χ1v) is 33.5. The Morgan fingerprint density at radius 1 is 0.444 bits per heavy atom. The minimum Gasteiger partial charge on any atom is -0.399 e. The molecule has 5 heterocycles. The van der Waals surface area contributed by atoms with Crippen molar-refractivity contribution in [3.8, 4) is 11.1 Å². The van der Waals surface area contributed by atoms with Gasteiger partial charge in [0.15, 0.2) is 5.84 Å². The van der Waals surface area contributed by atoms with Gasteiger partial charge in [-0.25, -0.2) is 14.9 Å². The van der Waals surface area contributed by atoms with Crippen molar-refractivity contribution in [3.63, 3.8) is 0 Å². The summed E-state index contributed by atoms with van der Waals surface area (Å²) in [6, 6.07) is 14.5. The Balaban J connectivity index is 1.16. The van der Waals surface area contributed by atoms with Crippen molar-refractivity contribution >= 4 is 48.7 Å². The molecule has 0 atom stereocenters. The number of rotatable bonds is 36. The molecule has 2 aromatic rings. The van der Waals surface area contributed by atoms with Crippen LogP contribution < -0.4 is 5.46 Å².